The summed E-state index contributed by atoms with van der Waals surface area (Å²) in [6.45, 7) is -0.145. The Bertz CT molecular complexity index is 763. The summed E-state index contributed by atoms with van der Waals surface area (Å²) in [6.07, 6.45) is -4.56. The number of halogens is 3. The zero-order valence-electron chi connectivity index (χ0n) is 12.9. The summed E-state index contributed by atoms with van der Waals surface area (Å²) in [5, 5.41) is 7.42. The topological polar surface area (TPSA) is 110 Å². The monoisotopic (exact) mass is 379 g/mol. The smallest absolute Gasteiger partial charge is 0.350 e. The summed E-state index contributed by atoms with van der Waals surface area (Å²) in [5.74, 6) is -2.71. The van der Waals surface area contributed by atoms with Crippen LogP contribution in [0.3, 0.4) is 0 Å². The average Bonchev–Trinajstić information content (AvgIpc) is 3.00. The second kappa shape index (κ2) is 7.00. The van der Waals surface area contributed by atoms with Crippen LogP contribution in [0.4, 0.5) is 13.2 Å². The molecule has 0 aliphatic carbocycles. The van der Waals surface area contributed by atoms with Gasteiger partial charge in [0.25, 0.3) is 0 Å². The van der Waals surface area contributed by atoms with Crippen molar-refractivity contribution >= 4 is 21.8 Å². The lowest BCUT2D eigenvalue weighted by Gasteiger charge is -2.24. The molecule has 0 radical (unpaired) electrons. The second-order valence-electron chi connectivity index (χ2n) is 5.56. The lowest BCUT2D eigenvalue weighted by Crippen LogP contribution is -2.50. The van der Waals surface area contributed by atoms with Crippen LogP contribution in [-0.2, 0) is 26.2 Å². The van der Waals surface area contributed by atoms with Crippen molar-refractivity contribution in [2.45, 2.75) is 36.5 Å². The van der Waals surface area contributed by atoms with E-state index in [1.807, 2.05) is 0 Å². The van der Waals surface area contributed by atoms with Gasteiger partial charge in [0.2, 0.25) is 15.9 Å². The maximum absolute atomic E-state index is 12.5. The van der Waals surface area contributed by atoms with Gasteiger partial charge in [-0.15, -0.1) is 0 Å². The van der Waals surface area contributed by atoms with Gasteiger partial charge in [-0.1, -0.05) is 12.1 Å². The van der Waals surface area contributed by atoms with E-state index >= 15 is 0 Å². The number of hydrogen-bond acceptors (Lipinski definition) is 4. The molecular weight excluding hydrogens is 363 g/mol. The summed E-state index contributed by atoms with van der Waals surface area (Å²) in [5.41, 5.74) is 0.535. The highest BCUT2D eigenvalue weighted by Gasteiger charge is 2.47. The molecule has 1 atom stereocenters. The Kier molecular flexibility index (Phi) is 5.37. The molecule has 7 nitrogen and oxygen atoms in total. The molecule has 1 saturated heterocycles. The molecule has 2 rings (SSSR count). The summed E-state index contributed by atoms with van der Waals surface area (Å²) < 4.78 is 59.9. The third-order valence-electron chi connectivity index (χ3n) is 3.78. The molecule has 1 aromatic rings. The number of benzene rings is 1. The van der Waals surface area contributed by atoms with Gasteiger partial charge >= 0.3 is 12.1 Å². The van der Waals surface area contributed by atoms with E-state index in [2.05, 4.69) is 5.32 Å². The molecule has 25 heavy (non-hydrogen) atoms. The van der Waals surface area contributed by atoms with Crippen LogP contribution in [-0.4, -0.2) is 43.9 Å². The van der Waals surface area contributed by atoms with Crippen LogP contribution in [0, 0.1) is 0 Å². The standard InChI is InChI=1S/C14H16F3N3O4S/c15-14(16,17)13(22)20-7-1-2-11(20)12(21)19-8-9-3-5-10(6-4-9)25(18,23)24/h3-6,11H,1-2,7-8H2,(H,19,21)(H2,18,23,24). The third kappa shape index (κ3) is 4.69. The van der Waals surface area contributed by atoms with Gasteiger partial charge in [0.15, 0.2) is 0 Å². The number of rotatable bonds is 4. The molecule has 0 spiro atoms. The first-order valence-electron chi connectivity index (χ1n) is 7.27. The van der Waals surface area contributed by atoms with Crippen LogP contribution in [0.25, 0.3) is 0 Å². The quantitative estimate of drug-likeness (QED) is 0.794. The van der Waals surface area contributed by atoms with E-state index in [0.29, 0.717) is 16.9 Å². The molecule has 1 fully saturated rings. The molecule has 1 aliphatic rings. The number of hydrogen-bond donors (Lipinski definition) is 2. The molecule has 0 aromatic heterocycles. The molecular formula is C14H16F3N3O4S. The minimum atomic E-state index is -5.02. The normalized spacial score (nSPS) is 18.2. The number of carbonyl (C=O) groups is 2. The van der Waals surface area contributed by atoms with Crippen molar-refractivity contribution < 1.29 is 31.2 Å². The van der Waals surface area contributed by atoms with E-state index in [1.165, 1.54) is 24.3 Å². The lowest BCUT2D eigenvalue weighted by atomic mass is 10.2. The van der Waals surface area contributed by atoms with E-state index in [9.17, 15) is 31.2 Å². The lowest BCUT2D eigenvalue weighted by molar-refractivity contribution is -0.186. The second-order valence-corrected chi connectivity index (χ2v) is 7.12. The van der Waals surface area contributed by atoms with Crippen molar-refractivity contribution in [1.82, 2.24) is 10.2 Å². The minimum absolute atomic E-state index is 0.0196. The number of sulfonamides is 1. The Balaban J connectivity index is 1.99. The summed E-state index contributed by atoms with van der Waals surface area (Å²) >= 11 is 0. The van der Waals surface area contributed by atoms with Gasteiger partial charge in [-0.3, -0.25) is 9.59 Å². The Hall–Kier alpha value is -2.14. The fourth-order valence-electron chi connectivity index (χ4n) is 2.55. The molecule has 1 aromatic carbocycles. The number of amides is 2. The highest BCUT2D eigenvalue weighted by atomic mass is 32.2. The predicted molar refractivity (Wildman–Crippen MR) is 80.5 cm³/mol. The van der Waals surface area contributed by atoms with Crippen LogP contribution in [0.1, 0.15) is 18.4 Å². The zero-order valence-corrected chi connectivity index (χ0v) is 13.7. The van der Waals surface area contributed by atoms with Crippen LogP contribution in [0.2, 0.25) is 0 Å². The molecule has 2 amide bonds. The van der Waals surface area contributed by atoms with E-state index in [1.54, 1.807) is 0 Å². The highest BCUT2D eigenvalue weighted by molar-refractivity contribution is 7.89. The van der Waals surface area contributed by atoms with Gasteiger partial charge in [0, 0.05) is 13.1 Å². The fourth-order valence-corrected chi connectivity index (χ4v) is 3.06. The Morgan fingerprint density at radius 2 is 1.84 bits per heavy atom. The highest BCUT2D eigenvalue weighted by Crippen LogP contribution is 2.25. The number of nitrogens with two attached hydrogens (primary N) is 1. The zero-order chi connectivity index (χ0) is 18.8. The van der Waals surface area contributed by atoms with E-state index in [0.717, 1.165) is 0 Å². The van der Waals surface area contributed by atoms with Crippen molar-refractivity contribution in [2.24, 2.45) is 5.14 Å². The van der Waals surface area contributed by atoms with E-state index < -0.39 is 34.1 Å². The van der Waals surface area contributed by atoms with Crippen LogP contribution >= 0.6 is 0 Å². The van der Waals surface area contributed by atoms with Crippen molar-refractivity contribution in [2.75, 3.05) is 6.54 Å². The molecule has 1 aliphatic heterocycles. The van der Waals surface area contributed by atoms with Gasteiger partial charge in [-0.2, -0.15) is 13.2 Å². The van der Waals surface area contributed by atoms with Crippen molar-refractivity contribution in [3.63, 3.8) is 0 Å². The molecule has 3 N–H and O–H groups in total. The van der Waals surface area contributed by atoms with Crippen molar-refractivity contribution in [3.8, 4) is 0 Å². The van der Waals surface area contributed by atoms with Crippen LogP contribution < -0.4 is 10.5 Å². The third-order valence-corrected chi connectivity index (χ3v) is 4.71. The number of likely N-dealkylation sites (tertiary alicyclic amines) is 1. The van der Waals surface area contributed by atoms with E-state index in [4.69, 9.17) is 5.14 Å². The van der Waals surface area contributed by atoms with Gasteiger partial charge in [0.1, 0.15) is 6.04 Å². The predicted octanol–water partition coefficient (Wildman–Crippen LogP) is 0.503. The Morgan fingerprint density at radius 1 is 1.24 bits per heavy atom. The van der Waals surface area contributed by atoms with Crippen molar-refractivity contribution in [1.29, 1.82) is 0 Å². The molecule has 1 unspecified atom stereocenters. The number of nitrogens with zero attached hydrogens (tertiary/aromatic N) is 1. The average molecular weight is 379 g/mol. The van der Waals surface area contributed by atoms with Gasteiger partial charge in [-0.05, 0) is 30.5 Å². The van der Waals surface area contributed by atoms with Crippen LogP contribution in [0.5, 0.6) is 0 Å². The summed E-state index contributed by atoms with van der Waals surface area (Å²) in [4.78, 5) is 23.9. The SMILES string of the molecule is NS(=O)(=O)c1ccc(CNC(=O)C2CCCN2C(=O)C(F)(F)F)cc1. The Labute approximate surface area is 142 Å². The first-order chi connectivity index (χ1) is 11.5. The molecule has 0 saturated carbocycles. The molecule has 11 heteroatoms. The fraction of sp³-hybridized carbons (Fsp3) is 0.429. The first kappa shape index (κ1) is 19.2. The Morgan fingerprint density at radius 3 is 2.36 bits per heavy atom. The first-order valence-corrected chi connectivity index (χ1v) is 8.82. The van der Waals surface area contributed by atoms with Crippen LogP contribution in [0.15, 0.2) is 29.2 Å². The van der Waals surface area contributed by atoms with Gasteiger partial charge in [0.05, 0.1) is 4.90 Å². The largest absolute Gasteiger partial charge is 0.471 e. The molecule has 0 bridgehead atoms. The summed E-state index contributed by atoms with van der Waals surface area (Å²) in [7, 11) is -3.83. The van der Waals surface area contributed by atoms with Gasteiger partial charge < -0.3 is 10.2 Å². The van der Waals surface area contributed by atoms with Crippen molar-refractivity contribution in [3.05, 3.63) is 29.8 Å². The summed E-state index contributed by atoms with van der Waals surface area (Å²) in [6, 6.07) is 4.19. The molecule has 138 valence electrons. The maximum Gasteiger partial charge on any atom is 0.471 e. The van der Waals surface area contributed by atoms with E-state index in [-0.39, 0.29) is 24.4 Å². The minimum Gasteiger partial charge on any atom is -0.350 e. The number of nitrogens with one attached hydrogen (secondary N) is 1. The molecule has 1 heterocycles. The number of primary sulfonamides is 1. The number of alkyl halides is 3. The maximum atomic E-state index is 12.5. The number of carbonyl (C=O) groups excluding carboxylic acids is 2. The van der Waals surface area contributed by atoms with Gasteiger partial charge in [-0.25, -0.2) is 13.6 Å².